The molecule has 0 saturated carbocycles. The van der Waals surface area contributed by atoms with Gasteiger partial charge in [0.15, 0.2) is 5.96 Å². The number of benzene rings is 1. The highest BCUT2D eigenvalue weighted by molar-refractivity contribution is 5.79. The van der Waals surface area contributed by atoms with Crippen LogP contribution < -0.4 is 5.32 Å². The van der Waals surface area contributed by atoms with E-state index in [-0.39, 0.29) is 5.41 Å². The van der Waals surface area contributed by atoms with Gasteiger partial charge in [0.2, 0.25) is 0 Å². The number of hydrogen-bond donors (Lipinski definition) is 2. The average molecular weight is 341 g/mol. The minimum atomic E-state index is 0.173. The van der Waals surface area contributed by atoms with Crippen LogP contribution in [0, 0.1) is 5.41 Å². The van der Waals surface area contributed by atoms with Gasteiger partial charge in [-0.05, 0) is 12.5 Å². The summed E-state index contributed by atoms with van der Waals surface area (Å²) < 4.78 is 5.31. The Labute approximate surface area is 149 Å². The van der Waals surface area contributed by atoms with Crippen molar-refractivity contribution < 1.29 is 4.74 Å². The average Bonchev–Trinajstić information content (AvgIpc) is 3.06. The molecule has 2 aromatic rings. The highest BCUT2D eigenvalue weighted by Crippen LogP contribution is 2.26. The smallest absolute Gasteiger partial charge is 0.194 e. The lowest BCUT2D eigenvalue weighted by atomic mass is 9.89. The molecule has 134 valence electrons. The normalized spacial score (nSPS) is 16.4. The number of aliphatic imine (C=N–C) groups is 1. The van der Waals surface area contributed by atoms with Crippen molar-refractivity contribution in [3.63, 3.8) is 0 Å². The maximum atomic E-state index is 5.31. The Balaban J connectivity index is 1.65. The van der Waals surface area contributed by atoms with Gasteiger partial charge in [0, 0.05) is 19.0 Å². The van der Waals surface area contributed by atoms with Gasteiger partial charge in [-0.15, -0.1) is 0 Å². The quantitative estimate of drug-likeness (QED) is 0.626. The van der Waals surface area contributed by atoms with Gasteiger partial charge in [-0.3, -0.25) is 4.99 Å². The zero-order valence-corrected chi connectivity index (χ0v) is 15.2. The minimum absolute atomic E-state index is 0.173. The standard InChI is InChI=1S/C19H27N5O/c1-4-20-18(22-12-19(2)13-25-14-19)24(3)11-17-21-10-16(23-17)15-8-6-5-7-9-15/h5-10H,4,11-14H2,1-3H3,(H,20,22)(H,21,23). The molecule has 1 saturated heterocycles. The third-order valence-electron chi connectivity index (χ3n) is 4.31. The van der Waals surface area contributed by atoms with E-state index in [2.05, 4.69) is 46.2 Å². The molecule has 1 aliphatic rings. The predicted molar refractivity (Wildman–Crippen MR) is 100 cm³/mol. The number of guanidine groups is 1. The number of hydrogen-bond acceptors (Lipinski definition) is 3. The molecule has 0 atom stereocenters. The molecule has 1 aromatic heterocycles. The van der Waals surface area contributed by atoms with E-state index < -0.39 is 0 Å². The summed E-state index contributed by atoms with van der Waals surface area (Å²) in [6.45, 7) is 8.15. The number of imidazole rings is 1. The molecule has 0 bridgehead atoms. The number of rotatable bonds is 6. The summed E-state index contributed by atoms with van der Waals surface area (Å²) in [6.07, 6.45) is 1.88. The van der Waals surface area contributed by atoms with Crippen LogP contribution in [0.15, 0.2) is 41.5 Å². The van der Waals surface area contributed by atoms with Gasteiger partial charge in [-0.25, -0.2) is 4.98 Å². The summed E-state index contributed by atoms with van der Waals surface area (Å²) in [6, 6.07) is 10.2. The van der Waals surface area contributed by atoms with Crippen LogP contribution in [0.4, 0.5) is 0 Å². The van der Waals surface area contributed by atoms with E-state index in [1.807, 2.05) is 31.4 Å². The first-order chi connectivity index (χ1) is 12.1. The molecule has 0 radical (unpaired) electrons. The topological polar surface area (TPSA) is 65.5 Å². The molecule has 6 nitrogen and oxygen atoms in total. The predicted octanol–water partition coefficient (Wildman–Crippen LogP) is 2.51. The summed E-state index contributed by atoms with van der Waals surface area (Å²) in [5.74, 6) is 1.82. The van der Waals surface area contributed by atoms with E-state index in [0.717, 1.165) is 49.3 Å². The van der Waals surface area contributed by atoms with Gasteiger partial charge in [0.05, 0.1) is 38.2 Å². The SMILES string of the molecule is CCNC(=NCC1(C)COC1)N(C)Cc1ncc(-c2ccccc2)[nH]1. The van der Waals surface area contributed by atoms with Crippen LogP contribution in [0.25, 0.3) is 11.3 Å². The summed E-state index contributed by atoms with van der Waals surface area (Å²) in [7, 11) is 2.03. The van der Waals surface area contributed by atoms with Crippen molar-refractivity contribution in [3.05, 3.63) is 42.4 Å². The third kappa shape index (κ3) is 4.39. The molecule has 0 unspecified atom stereocenters. The minimum Gasteiger partial charge on any atom is -0.380 e. The fourth-order valence-electron chi connectivity index (χ4n) is 2.78. The fourth-order valence-corrected chi connectivity index (χ4v) is 2.78. The Hall–Kier alpha value is -2.34. The maximum Gasteiger partial charge on any atom is 0.194 e. The van der Waals surface area contributed by atoms with Crippen molar-refractivity contribution in [1.82, 2.24) is 20.2 Å². The fraction of sp³-hybridized carbons (Fsp3) is 0.474. The van der Waals surface area contributed by atoms with Crippen molar-refractivity contribution >= 4 is 5.96 Å². The Morgan fingerprint density at radius 3 is 2.76 bits per heavy atom. The Bertz CT molecular complexity index is 706. The molecule has 1 aromatic carbocycles. The number of ether oxygens (including phenoxy) is 1. The summed E-state index contributed by atoms with van der Waals surface area (Å²) in [5, 5.41) is 3.36. The summed E-state index contributed by atoms with van der Waals surface area (Å²) in [5.41, 5.74) is 2.35. The molecule has 1 aliphatic heterocycles. The zero-order valence-electron chi connectivity index (χ0n) is 15.2. The van der Waals surface area contributed by atoms with Crippen LogP contribution in [0.5, 0.6) is 0 Å². The number of H-pyrrole nitrogens is 1. The van der Waals surface area contributed by atoms with Gasteiger partial charge in [0.1, 0.15) is 5.82 Å². The molecule has 0 spiro atoms. The lowest BCUT2D eigenvalue weighted by Crippen LogP contribution is -2.44. The number of nitrogens with zero attached hydrogens (tertiary/aromatic N) is 3. The van der Waals surface area contributed by atoms with Crippen LogP contribution >= 0.6 is 0 Å². The highest BCUT2D eigenvalue weighted by atomic mass is 16.5. The van der Waals surface area contributed by atoms with Crippen molar-refractivity contribution in [2.45, 2.75) is 20.4 Å². The molecule has 6 heteroatoms. The molecule has 0 aliphatic carbocycles. The number of aromatic nitrogens is 2. The first-order valence-electron chi connectivity index (χ1n) is 8.76. The van der Waals surface area contributed by atoms with Crippen LogP contribution in [0.1, 0.15) is 19.7 Å². The van der Waals surface area contributed by atoms with E-state index >= 15 is 0 Å². The van der Waals surface area contributed by atoms with Crippen LogP contribution in [-0.4, -0.2) is 54.2 Å². The lowest BCUT2D eigenvalue weighted by molar-refractivity contribution is -0.0946. The lowest BCUT2D eigenvalue weighted by Gasteiger charge is -2.37. The first kappa shape index (κ1) is 17.5. The van der Waals surface area contributed by atoms with Crippen molar-refractivity contribution in [1.29, 1.82) is 0 Å². The molecular formula is C19H27N5O. The Morgan fingerprint density at radius 1 is 1.36 bits per heavy atom. The van der Waals surface area contributed by atoms with Gasteiger partial charge in [-0.2, -0.15) is 0 Å². The first-order valence-corrected chi connectivity index (χ1v) is 8.76. The van der Waals surface area contributed by atoms with Crippen LogP contribution in [-0.2, 0) is 11.3 Å². The maximum absolute atomic E-state index is 5.31. The number of nitrogens with one attached hydrogen (secondary N) is 2. The monoisotopic (exact) mass is 341 g/mol. The van der Waals surface area contributed by atoms with E-state index in [9.17, 15) is 0 Å². The Kier molecular flexibility index (Phi) is 5.38. The molecule has 2 heterocycles. The van der Waals surface area contributed by atoms with Gasteiger partial charge in [0.25, 0.3) is 0 Å². The third-order valence-corrected chi connectivity index (χ3v) is 4.31. The molecule has 1 fully saturated rings. The van der Waals surface area contributed by atoms with Crippen molar-refractivity contribution in [2.75, 3.05) is 33.4 Å². The largest absolute Gasteiger partial charge is 0.380 e. The van der Waals surface area contributed by atoms with Crippen LogP contribution in [0.2, 0.25) is 0 Å². The summed E-state index contributed by atoms with van der Waals surface area (Å²) >= 11 is 0. The second-order valence-electron chi connectivity index (χ2n) is 6.94. The molecule has 3 rings (SSSR count). The van der Waals surface area contributed by atoms with E-state index in [1.54, 1.807) is 0 Å². The van der Waals surface area contributed by atoms with E-state index in [4.69, 9.17) is 9.73 Å². The number of aromatic amines is 1. The molecule has 0 amide bonds. The second kappa shape index (κ2) is 7.70. The van der Waals surface area contributed by atoms with E-state index in [1.165, 1.54) is 0 Å². The van der Waals surface area contributed by atoms with Crippen LogP contribution in [0.3, 0.4) is 0 Å². The second-order valence-corrected chi connectivity index (χ2v) is 6.94. The van der Waals surface area contributed by atoms with Gasteiger partial charge >= 0.3 is 0 Å². The van der Waals surface area contributed by atoms with Crippen molar-refractivity contribution in [2.24, 2.45) is 10.4 Å². The van der Waals surface area contributed by atoms with Gasteiger partial charge < -0.3 is 19.9 Å². The molecule has 25 heavy (non-hydrogen) atoms. The van der Waals surface area contributed by atoms with Gasteiger partial charge in [-0.1, -0.05) is 37.3 Å². The molecule has 2 N–H and O–H groups in total. The van der Waals surface area contributed by atoms with Crippen molar-refractivity contribution in [3.8, 4) is 11.3 Å². The molecular weight excluding hydrogens is 314 g/mol. The van der Waals surface area contributed by atoms with E-state index in [0.29, 0.717) is 6.54 Å². The zero-order chi connectivity index (χ0) is 17.7. The summed E-state index contributed by atoms with van der Waals surface area (Å²) in [4.78, 5) is 14.8. The Morgan fingerprint density at radius 2 is 2.12 bits per heavy atom. The highest BCUT2D eigenvalue weighted by Gasteiger charge is 2.33.